The van der Waals surface area contributed by atoms with E-state index in [-0.39, 0.29) is 12.7 Å². The largest absolute Gasteiger partial charge is 0.481 e. The maximum absolute atomic E-state index is 11.9. The van der Waals surface area contributed by atoms with E-state index in [2.05, 4.69) is 27.5 Å². The highest BCUT2D eigenvalue weighted by molar-refractivity contribution is 5.71. The topological polar surface area (TPSA) is 110 Å². The van der Waals surface area contributed by atoms with Crippen LogP contribution >= 0.6 is 0 Å². The summed E-state index contributed by atoms with van der Waals surface area (Å²) in [5, 5.41) is 23.9. The number of H-pyrrole nitrogens is 1. The Hall–Kier alpha value is -2.64. The number of ether oxygens (including phenoxy) is 2. The Bertz CT molecular complexity index is 705. The molecular weight excluding hydrogens is 324 g/mol. The zero-order chi connectivity index (χ0) is 17.6. The van der Waals surface area contributed by atoms with Crippen LogP contribution in [0.15, 0.2) is 18.2 Å². The van der Waals surface area contributed by atoms with Crippen LogP contribution in [0.3, 0.4) is 0 Å². The van der Waals surface area contributed by atoms with E-state index in [0.29, 0.717) is 30.2 Å². The minimum atomic E-state index is -0.827. The van der Waals surface area contributed by atoms with Gasteiger partial charge in [0.15, 0.2) is 17.3 Å². The third-order valence-electron chi connectivity index (χ3n) is 4.51. The Morgan fingerprint density at radius 3 is 2.88 bits per heavy atom. The van der Waals surface area contributed by atoms with Gasteiger partial charge in [-0.2, -0.15) is 5.21 Å². The van der Waals surface area contributed by atoms with Gasteiger partial charge in [-0.25, -0.2) is 0 Å². The Labute approximate surface area is 145 Å². The lowest BCUT2D eigenvalue weighted by atomic mass is 9.83. The van der Waals surface area contributed by atoms with Gasteiger partial charge in [0.25, 0.3) is 0 Å². The molecule has 0 bridgehead atoms. The summed E-state index contributed by atoms with van der Waals surface area (Å²) >= 11 is 0. The van der Waals surface area contributed by atoms with Crippen LogP contribution in [0.4, 0.5) is 0 Å². The Morgan fingerprint density at radius 1 is 1.32 bits per heavy atom. The Morgan fingerprint density at radius 2 is 2.16 bits per heavy atom. The highest BCUT2D eigenvalue weighted by Gasteiger charge is 2.32. The van der Waals surface area contributed by atoms with Crippen LogP contribution in [0.2, 0.25) is 0 Å². The molecule has 2 heterocycles. The van der Waals surface area contributed by atoms with Gasteiger partial charge in [0.05, 0.1) is 5.92 Å². The lowest BCUT2D eigenvalue weighted by Crippen LogP contribution is -2.25. The molecule has 0 amide bonds. The number of aliphatic carboxylic acids is 1. The van der Waals surface area contributed by atoms with Crippen molar-refractivity contribution >= 4 is 5.97 Å². The van der Waals surface area contributed by atoms with Gasteiger partial charge in [-0.1, -0.05) is 37.5 Å². The third-order valence-corrected chi connectivity index (χ3v) is 4.51. The van der Waals surface area contributed by atoms with Crippen molar-refractivity contribution in [3.8, 4) is 11.5 Å². The summed E-state index contributed by atoms with van der Waals surface area (Å²) in [6.07, 6.45) is 4.00. The molecule has 134 valence electrons. The summed E-state index contributed by atoms with van der Waals surface area (Å²) in [5.41, 5.74) is 0.959. The molecule has 0 unspecified atom stereocenters. The van der Waals surface area contributed by atoms with Crippen LogP contribution in [0.1, 0.15) is 49.9 Å². The first-order valence-corrected chi connectivity index (χ1v) is 8.53. The van der Waals surface area contributed by atoms with Crippen molar-refractivity contribution in [2.24, 2.45) is 5.92 Å². The first kappa shape index (κ1) is 17.2. The molecule has 1 aliphatic rings. The first-order valence-electron chi connectivity index (χ1n) is 8.53. The number of rotatable bonds is 9. The van der Waals surface area contributed by atoms with Crippen molar-refractivity contribution in [3.05, 3.63) is 29.6 Å². The van der Waals surface area contributed by atoms with E-state index in [9.17, 15) is 9.90 Å². The number of tetrazole rings is 1. The van der Waals surface area contributed by atoms with Crippen LogP contribution < -0.4 is 9.47 Å². The maximum atomic E-state index is 11.9. The molecule has 0 spiro atoms. The van der Waals surface area contributed by atoms with Crippen molar-refractivity contribution in [2.75, 3.05) is 6.79 Å². The van der Waals surface area contributed by atoms with Crippen LogP contribution in [0, 0.1) is 5.92 Å². The van der Waals surface area contributed by atoms with Crippen molar-refractivity contribution in [3.63, 3.8) is 0 Å². The summed E-state index contributed by atoms with van der Waals surface area (Å²) in [6.45, 7) is 2.31. The lowest BCUT2D eigenvalue weighted by Gasteiger charge is -2.21. The van der Waals surface area contributed by atoms with Crippen LogP contribution in [0.25, 0.3) is 0 Å². The molecule has 3 rings (SSSR count). The highest BCUT2D eigenvalue weighted by atomic mass is 16.7. The second kappa shape index (κ2) is 7.96. The van der Waals surface area contributed by atoms with Crippen molar-refractivity contribution in [2.45, 2.75) is 44.9 Å². The second-order valence-corrected chi connectivity index (χ2v) is 6.21. The molecule has 1 aromatic heterocycles. The number of hydrogen-bond donors (Lipinski definition) is 2. The molecule has 2 atom stereocenters. The predicted molar refractivity (Wildman–Crippen MR) is 88.5 cm³/mol. The SMILES string of the molecule is CCCCC[C@H](C(=O)O)[C@H](Cc1ccc2c(c1)OCO2)c1nn[nH]n1. The quantitative estimate of drug-likeness (QED) is 0.671. The summed E-state index contributed by atoms with van der Waals surface area (Å²) in [5.74, 6) is 0.0797. The summed E-state index contributed by atoms with van der Waals surface area (Å²) in [7, 11) is 0. The molecule has 1 aromatic carbocycles. The van der Waals surface area contributed by atoms with Crippen LogP contribution in [0.5, 0.6) is 11.5 Å². The fourth-order valence-electron chi connectivity index (χ4n) is 3.17. The molecule has 0 fully saturated rings. The summed E-state index contributed by atoms with van der Waals surface area (Å²) in [4.78, 5) is 11.9. The normalized spacial score (nSPS) is 15.1. The predicted octanol–water partition coefficient (Wildman–Crippen LogP) is 2.54. The van der Waals surface area contributed by atoms with E-state index in [1.54, 1.807) is 0 Å². The molecule has 2 N–H and O–H groups in total. The number of aromatic amines is 1. The smallest absolute Gasteiger partial charge is 0.307 e. The zero-order valence-corrected chi connectivity index (χ0v) is 14.1. The minimum Gasteiger partial charge on any atom is -0.481 e. The van der Waals surface area contributed by atoms with Gasteiger partial charge in [0, 0.05) is 5.92 Å². The van der Waals surface area contributed by atoms with E-state index in [1.165, 1.54) is 0 Å². The molecule has 2 aromatic rings. The minimum absolute atomic E-state index is 0.210. The Kier molecular flexibility index (Phi) is 5.47. The molecule has 8 nitrogen and oxygen atoms in total. The van der Waals surface area contributed by atoms with Crippen LogP contribution in [-0.2, 0) is 11.2 Å². The van der Waals surface area contributed by atoms with Crippen molar-refractivity contribution < 1.29 is 19.4 Å². The van der Waals surface area contributed by atoms with Gasteiger partial charge in [0.1, 0.15) is 0 Å². The lowest BCUT2D eigenvalue weighted by molar-refractivity contribution is -0.143. The van der Waals surface area contributed by atoms with Gasteiger partial charge in [-0.05, 0) is 30.5 Å². The molecule has 1 aliphatic heterocycles. The number of carboxylic acid groups (broad SMARTS) is 1. The molecule has 0 saturated heterocycles. The average molecular weight is 346 g/mol. The number of nitrogens with zero attached hydrogens (tertiary/aromatic N) is 3. The monoisotopic (exact) mass is 346 g/mol. The third kappa shape index (κ3) is 4.07. The highest BCUT2D eigenvalue weighted by Crippen LogP contribution is 2.36. The van der Waals surface area contributed by atoms with E-state index in [1.807, 2.05) is 18.2 Å². The fraction of sp³-hybridized carbons (Fsp3) is 0.529. The van der Waals surface area contributed by atoms with Gasteiger partial charge < -0.3 is 14.6 Å². The number of benzene rings is 1. The molecule has 0 aliphatic carbocycles. The Balaban J connectivity index is 1.82. The number of fused-ring (bicyclic) bond motifs is 1. The molecule has 0 saturated carbocycles. The molecular formula is C17H22N4O4. The standard InChI is InChI=1S/C17H22N4O4/c1-2-3-4-5-12(17(22)23)13(16-18-20-21-19-16)8-11-6-7-14-15(9-11)25-10-24-14/h6-7,9,12-13H,2-5,8,10H2,1H3,(H,22,23)(H,18,19,20,21)/t12-,13-/m0/s1. The van der Waals surface area contributed by atoms with Gasteiger partial charge in [-0.15, -0.1) is 10.2 Å². The van der Waals surface area contributed by atoms with Crippen molar-refractivity contribution in [1.29, 1.82) is 0 Å². The fourth-order valence-corrected chi connectivity index (χ4v) is 3.17. The van der Waals surface area contributed by atoms with E-state index >= 15 is 0 Å². The van der Waals surface area contributed by atoms with E-state index < -0.39 is 11.9 Å². The number of nitrogens with one attached hydrogen (secondary N) is 1. The molecule has 25 heavy (non-hydrogen) atoms. The van der Waals surface area contributed by atoms with Gasteiger partial charge in [-0.3, -0.25) is 4.79 Å². The van der Waals surface area contributed by atoms with Crippen LogP contribution in [-0.4, -0.2) is 38.5 Å². The van der Waals surface area contributed by atoms with E-state index in [0.717, 1.165) is 24.8 Å². The van der Waals surface area contributed by atoms with Gasteiger partial charge >= 0.3 is 5.97 Å². The zero-order valence-electron chi connectivity index (χ0n) is 14.1. The molecule has 0 radical (unpaired) electrons. The van der Waals surface area contributed by atoms with E-state index in [4.69, 9.17) is 9.47 Å². The number of carbonyl (C=O) groups is 1. The molecule has 8 heteroatoms. The van der Waals surface area contributed by atoms with Crippen molar-refractivity contribution in [1.82, 2.24) is 20.6 Å². The number of aromatic nitrogens is 4. The van der Waals surface area contributed by atoms with Gasteiger partial charge in [0.2, 0.25) is 6.79 Å². The maximum Gasteiger partial charge on any atom is 0.307 e. The number of hydrogen-bond acceptors (Lipinski definition) is 6. The average Bonchev–Trinajstić information content (AvgIpc) is 3.27. The second-order valence-electron chi connectivity index (χ2n) is 6.21. The summed E-state index contributed by atoms with van der Waals surface area (Å²) < 4.78 is 10.7. The first-order chi connectivity index (χ1) is 12.2. The summed E-state index contributed by atoms with van der Waals surface area (Å²) in [6, 6.07) is 5.66. The number of unbranched alkanes of at least 4 members (excludes halogenated alkanes) is 2. The number of carboxylic acids is 1.